The van der Waals surface area contributed by atoms with Crippen LogP contribution in [-0.2, 0) is 30.5 Å². The van der Waals surface area contributed by atoms with Gasteiger partial charge < -0.3 is 19.9 Å². The van der Waals surface area contributed by atoms with Gasteiger partial charge >= 0.3 is 5.97 Å². The Hall–Kier alpha value is -2.58. The maximum atomic E-state index is 12.9. The molecule has 3 heterocycles. The number of carbonyl (C=O) groups excluding carboxylic acids is 1. The SMILES string of the molecule is CCc1nn(CCCc2ccc(C(=O)O)c(OC)c2Cl)c2c1C(=O)NCC1(CCOCC1)C2. The third-order valence-electron chi connectivity index (χ3n) is 6.84. The normalized spacial score (nSPS) is 17.4. The van der Waals surface area contributed by atoms with Crippen LogP contribution in [0.5, 0.6) is 5.75 Å². The second kappa shape index (κ2) is 9.73. The Labute approximate surface area is 198 Å². The number of aromatic carboxylic acids is 1. The van der Waals surface area contributed by atoms with Crippen molar-refractivity contribution in [1.29, 1.82) is 0 Å². The highest BCUT2D eigenvalue weighted by molar-refractivity contribution is 6.33. The van der Waals surface area contributed by atoms with Crippen LogP contribution in [0.25, 0.3) is 0 Å². The highest BCUT2D eigenvalue weighted by Gasteiger charge is 2.39. The van der Waals surface area contributed by atoms with Gasteiger partial charge in [0, 0.05) is 26.3 Å². The van der Waals surface area contributed by atoms with Crippen LogP contribution >= 0.6 is 11.6 Å². The summed E-state index contributed by atoms with van der Waals surface area (Å²) in [5.74, 6) is -0.929. The highest BCUT2D eigenvalue weighted by Crippen LogP contribution is 2.38. The lowest BCUT2D eigenvalue weighted by atomic mass is 9.76. The Morgan fingerprint density at radius 3 is 2.79 bits per heavy atom. The van der Waals surface area contributed by atoms with Gasteiger partial charge in [0.15, 0.2) is 5.75 Å². The first kappa shape index (κ1) is 23.6. The van der Waals surface area contributed by atoms with Crippen LogP contribution in [0, 0.1) is 5.41 Å². The summed E-state index contributed by atoms with van der Waals surface area (Å²) in [7, 11) is 1.42. The second-order valence-electron chi connectivity index (χ2n) is 8.85. The van der Waals surface area contributed by atoms with Crippen LogP contribution < -0.4 is 10.1 Å². The maximum absolute atomic E-state index is 12.9. The van der Waals surface area contributed by atoms with E-state index in [2.05, 4.69) is 5.32 Å². The summed E-state index contributed by atoms with van der Waals surface area (Å²) in [6.07, 6.45) is 4.72. The Morgan fingerprint density at radius 2 is 2.12 bits per heavy atom. The van der Waals surface area contributed by atoms with Crippen molar-refractivity contribution in [3.05, 3.63) is 45.2 Å². The quantitative estimate of drug-likeness (QED) is 0.635. The van der Waals surface area contributed by atoms with E-state index < -0.39 is 5.97 Å². The van der Waals surface area contributed by atoms with E-state index in [9.17, 15) is 14.7 Å². The van der Waals surface area contributed by atoms with E-state index in [0.29, 0.717) is 44.2 Å². The van der Waals surface area contributed by atoms with E-state index in [1.54, 1.807) is 6.07 Å². The minimum Gasteiger partial charge on any atom is -0.494 e. The molecule has 0 unspecified atom stereocenters. The van der Waals surface area contributed by atoms with Crippen LogP contribution in [0.1, 0.15) is 63.9 Å². The number of fused-ring (bicyclic) bond motifs is 1. The smallest absolute Gasteiger partial charge is 0.339 e. The van der Waals surface area contributed by atoms with E-state index in [0.717, 1.165) is 48.2 Å². The molecule has 1 aromatic heterocycles. The van der Waals surface area contributed by atoms with Gasteiger partial charge in [0.25, 0.3) is 5.91 Å². The molecule has 0 atom stereocenters. The van der Waals surface area contributed by atoms with Crippen LogP contribution in [0.2, 0.25) is 5.02 Å². The van der Waals surface area contributed by atoms with Crippen molar-refractivity contribution in [2.24, 2.45) is 5.41 Å². The van der Waals surface area contributed by atoms with Gasteiger partial charge in [0.05, 0.1) is 29.1 Å². The first-order valence-electron chi connectivity index (χ1n) is 11.4. The number of rotatable bonds is 7. The third kappa shape index (κ3) is 4.59. The highest BCUT2D eigenvalue weighted by atomic mass is 35.5. The van der Waals surface area contributed by atoms with Gasteiger partial charge in [-0.25, -0.2) is 4.79 Å². The summed E-state index contributed by atoms with van der Waals surface area (Å²) in [5, 5.41) is 17.6. The summed E-state index contributed by atoms with van der Waals surface area (Å²) in [5.41, 5.74) is 3.44. The number of carboxylic acid groups (broad SMARTS) is 1. The number of methoxy groups -OCH3 is 1. The summed E-state index contributed by atoms with van der Waals surface area (Å²) in [6, 6.07) is 3.26. The number of ether oxygens (including phenoxy) is 2. The molecule has 2 aromatic rings. The molecule has 9 heteroatoms. The van der Waals surface area contributed by atoms with Crippen molar-refractivity contribution >= 4 is 23.5 Å². The van der Waals surface area contributed by atoms with E-state index in [4.69, 9.17) is 26.2 Å². The fraction of sp³-hybridized carbons (Fsp3) is 0.542. The molecule has 8 nitrogen and oxygen atoms in total. The van der Waals surface area contributed by atoms with Crippen LogP contribution in [-0.4, -0.2) is 53.6 Å². The Balaban J connectivity index is 1.56. The molecular weight excluding hydrogens is 446 g/mol. The molecule has 178 valence electrons. The Morgan fingerprint density at radius 1 is 1.36 bits per heavy atom. The van der Waals surface area contributed by atoms with E-state index >= 15 is 0 Å². The largest absolute Gasteiger partial charge is 0.494 e. The summed E-state index contributed by atoms with van der Waals surface area (Å²) in [4.78, 5) is 24.3. The molecule has 0 aliphatic carbocycles. The van der Waals surface area contributed by atoms with Crippen LogP contribution in [0.3, 0.4) is 0 Å². The molecule has 1 spiro atoms. The third-order valence-corrected chi connectivity index (χ3v) is 7.25. The second-order valence-corrected chi connectivity index (χ2v) is 9.22. The van der Waals surface area contributed by atoms with Crippen molar-refractivity contribution in [2.75, 3.05) is 26.9 Å². The van der Waals surface area contributed by atoms with Gasteiger partial charge in [-0.15, -0.1) is 0 Å². The average molecular weight is 476 g/mol. The van der Waals surface area contributed by atoms with E-state index in [-0.39, 0.29) is 22.6 Å². The van der Waals surface area contributed by atoms with Crippen LogP contribution in [0.15, 0.2) is 12.1 Å². The lowest BCUT2D eigenvalue weighted by Gasteiger charge is -2.36. The Bertz CT molecular complexity index is 1060. The van der Waals surface area contributed by atoms with Crippen molar-refractivity contribution < 1.29 is 24.2 Å². The number of aryl methyl sites for hydroxylation is 3. The zero-order valence-electron chi connectivity index (χ0n) is 19.1. The molecule has 2 aliphatic rings. The molecule has 0 bridgehead atoms. The standard InChI is InChI=1S/C24H30ClN3O5/c1-3-17-19-18(13-24(14-26-22(19)29)8-11-33-12-9-24)28(27-17)10-4-5-15-6-7-16(23(30)31)21(32-2)20(15)25/h6-7H,3-5,8-14H2,1-2H3,(H,26,29)(H,30,31). The van der Waals surface area contributed by atoms with Gasteiger partial charge in [-0.05, 0) is 55.6 Å². The lowest BCUT2D eigenvalue weighted by molar-refractivity contribution is 0.0152. The fourth-order valence-corrected chi connectivity index (χ4v) is 5.27. The lowest BCUT2D eigenvalue weighted by Crippen LogP contribution is -2.40. The molecule has 0 saturated carbocycles. The average Bonchev–Trinajstić information content (AvgIpc) is 3.08. The predicted molar refractivity (Wildman–Crippen MR) is 123 cm³/mol. The van der Waals surface area contributed by atoms with Crippen molar-refractivity contribution in [2.45, 2.75) is 52.0 Å². The maximum Gasteiger partial charge on any atom is 0.339 e. The number of nitrogens with zero attached hydrogens (tertiary/aromatic N) is 2. The summed E-state index contributed by atoms with van der Waals surface area (Å²) >= 11 is 6.44. The molecule has 33 heavy (non-hydrogen) atoms. The molecule has 1 aromatic carbocycles. The van der Waals surface area contributed by atoms with Crippen molar-refractivity contribution in [3.8, 4) is 5.75 Å². The zero-order valence-corrected chi connectivity index (χ0v) is 19.8. The van der Waals surface area contributed by atoms with Crippen LogP contribution in [0.4, 0.5) is 0 Å². The number of hydrogen-bond donors (Lipinski definition) is 2. The minimum absolute atomic E-state index is 0.00525. The summed E-state index contributed by atoms with van der Waals surface area (Å²) < 4.78 is 12.8. The first-order valence-corrected chi connectivity index (χ1v) is 11.8. The number of hydrogen-bond acceptors (Lipinski definition) is 5. The molecule has 1 amide bonds. The van der Waals surface area contributed by atoms with Crippen molar-refractivity contribution in [3.63, 3.8) is 0 Å². The van der Waals surface area contributed by atoms with Gasteiger partial charge in [0.1, 0.15) is 5.56 Å². The number of carboxylic acids is 1. The van der Waals surface area contributed by atoms with Crippen molar-refractivity contribution in [1.82, 2.24) is 15.1 Å². The van der Waals surface area contributed by atoms with Gasteiger partial charge in [-0.1, -0.05) is 24.6 Å². The molecule has 2 N–H and O–H groups in total. The van der Waals surface area contributed by atoms with E-state index in [1.807, 2.05) is 11.6 Å². The molecular formula is C24H30ClN3O5. The minimum atomic E-state index is -1.08. The zero-order chi connectivity index (χ0) is 23.6. The number of aromatic nitrogens is 2. The molecule has 1 saturated heterocycles. The van der Waals surface area contributed by atoms with Gasteiger partial charge in [-0.3, -0.25) is 9.48 Å². The Kier molecular flexibility index (Phi) is 6.95. The van der Waals surface area contributed by atoms with Gasteiger partial charge in [0.2, 0.25) is 0 Å². The summed E-state index contributed by atoms with van der Waals surface area (Å²) in [6.45, 7) is 4.75. The number of nitrogens with one attached hydrogen (secondary N) is 1. The predicted octanol–water partition coefficient (Wildman–Crippen LogP) is 3.52. The topological polar surface area (TPSA) is 103 Å². The number of benzene rings is 1. The van der Waals surface area contributed by atoms with E-state index in [1.165, 1.54) is 13.2 Å². The fourth-order valence-electron chi connectivity index (χ4n) is 4.93. The number of halogens is 1. The monoisotopic (exact) mass is 475 g/mol. The first-order chi connectivity index (χ1) is 15.9. The number of carbonyl (C=O) groups is 2. The van der Waals surface area contributed by atoms with Gasteiger partial charge in [-0.2, -0.15) is 5.10 Å². The molecule has 1 fully saturated rings. The molecule has 0 radical (unpaired) electrons. The number of amides is 1. The molecule has 2 aliphatic heterocycles. The molecule has 4 rings (SSSR count).